The molecule has 3 rings (SSSR count). The fourth-order valence-electron chi connectivity index (χ4n) is 1.86. The molecule has 1 heterocycles. The summed E-state index contributed by atoms with van der Waals surface area (Å²) in [5, 5.41) is 12.1. The Balaban J connectivity index is 1.88. The second-order valence-electron chi connectivity index (χ2n) is 4.25. The van der Waals surface area contributed by atoms with Crippen molar-refractivity contribution in [2.75, 3.05) is 5.32 Å². The zero-order valence-corrected chi connectivity index (χ0v) is 11.1. The normalized spacial score (nSPS) is 10.4. The van der Waals surface area contributed by atoms with Crippen molar-refractivity contribution in [1.82, 2.24) is 10.2 Å². The van der Waals surface area contributed by atoms with Crippen molar-refractivity contribution in [1.29, 1.82) is 0 Å². The number of anilines is 1. The van der Waals surface area contributed by atoms with E-state index in [0.717, 1.165) is 10.9 Å². The highest BCUT2D eigenvalue weighted by Gasteiger charge is 2.09. The molecule has 0 saturated heterocycles. The van der Waals surface area contributed by atoms with Gasteiger partial charge in [-0.1, -0.05) is 35.9 Å². The highest BCUT2D eigenvalue weighted by atomic mass is 35.5. The Morgan fingerprint density at radius 3 is 2.70 bits per heavy atom. The van der Waals surface area contributed by atoms with Crippen LogP contribution >= 0.6 is 11.6 Å². The van der Waals surface area contributed by atoms with Crippen molar-refractivity contribution in [3.05, 3.63) is 65.3 Å². The lowest BCUT2D eigenvalue weighted by molar-refractivity contribution is 0.102. The highest BCUT2D eigenvalue weighted by molar-refractivity contribution is 6.30. The Labute approximate surface area is 120 Å². The summed E-state index contributed by atoms with van der Waals surface area (Å²) in [6.45, 7) is 0. The summed E-state index contributed by atoms with van der Waals surface area (Å²) < 4.78 is 0. The van der Waals surface area contributed by atoms with Crippen molar-refractivity contribution in [3.8, 4) is 0 Å². The van der Waals surface area contributed by atoms with E-state index in [9.17, 15) is 4.79 Å². The summed E-state index contributed by atoms with van der Waals surface area (Å²) in [6, 6.07) is 16.2. The lowest BCUT2D eigenvalue weighted by Gasteiger charge is -2.05. The van der Waals surface area contributed by atoms with E-state index in [1.807, 2.05) is 24.3 Å². The summed E-state index contributed by atoms with van der Waals surface area (Å²) in [7, 11) is 0. The molecule has 1 amide bonds. The molecule has 0 saturated carbocycles. The van der Waals surface area contributed by atoms with Crippen LogP contribution in [0.3, 0.4) is 0 Å². The zero-order valence-electron chi connectivity index (χ0n) is 10.4. The Hall–Kier alpha value is -2.46. The second-order valence-corrected chi connectivity index (χ2v) is 4.69. The van der Waals surface area contributed by atoms with Gasteiger partial charge in [0.15, 0.2) is 5.69 Å². The summed E-state index contributed by atoms with van der Waals surface area (Å²) in [6.07, 6.45) is 0. The molecule has 0 bridgehead atoms. The molecule has 20 heavy (non-hydrogen) atoms. The molecule has 0 fully saturated rings. The number of amides is 1. The van der Waals surface area contributed by atoms with Gasteiger partial charge in [0.2, 0.25) is 0 Å². The number of carbonyl (C=O) groups is 1. The molecule has 0 aliphatic rings. The fraction of sp³-hybridized carbons (Fsp3) is 0. The minimum atomic E-state index is -0.314. The lowest BCUT2D eigenvalue weighted by Crippen LogP contribution is -2.14. The minimum absolute atomic E-state index is 0.267. The first-order valence-electron chi connectivity index (χ1n) is 6.02. The molecule has 98 valence electrons. The average Bonchev–Trinajstić information content (AvgIpc) is 2.47. The maximum atomic E-state index is 12.1. The van der Waals surface area contributed by atoms with Gasteiger partial charge in [-0.15, -0.1) is 10.2 Å². The molecule has 2 aromatic carbocycles. The van der Waals surface area contributed by atoms with Gasteiger partial charge >= 0.3 is 0 Å². The number of benzene rings is 2. The standard InChI is InChI=1S/C15H10ClN3O/c16-11-5-3-6-12(9-11)17-15(20)14-8-10-4-1-2-7-13(10)18-19-14/h1-9H,(H,17,20). The van der Waals surface area contributed by atoms with Crippen LogP contribution in [0.5, 0.6) is 0 Å². The molecule has 5 heteroatoms. The summed E-state index contributed by atoms with van der Waals surface area (Å²) in [5.41, 5.74) is 1.65. The number of rotatable bonds is 2. The zero-order chi connectivity index (χ0) is 13.9. The van der Waals surface area contributed by atoms with E-state index >= 15 is 0 Å². The molecule has 3 aromatic rings. The van der Waals surface area contributed by atoms with Crippen LogP contribution in [0, 0.1) is 0 Å². The largest absolute Gasteiger partial charge is 0.321 e. The summed E-state index contributed by atoms with van der Waals surface area (Å²) >= 11 is 5.87. The number of halogens is 1. The molecular formula is C15H10ClN3O. The predicted octanol–water partition coefficient (Wildman–Crippen LogP) is 3.54. The third-order valence-corrected chi connectivity index (χ3v) is 3.04. The number of aromatic nitrogens is 2. The summed E-state index contributed by atoms with van der Waals surface area (Å²) in [4.78, 5) is 12.1. The van der Waals surface area contributed by atoms with Crippen molar-refractivity contribution in [2.24, 2.45) is 0 Å². The smallest absolute Gasteiger partial charge is 0.276 e. The van der Waals surface area contributed by atoms with Crippen LogP contribution in [0.2, 0.25) is 5.02 Å². The van der Waals surface area contributed by atoms with Crippen LogP contribution in [-0.4, -0.2) is 16.1 Å². The molecule has 0 unspecified atom stereocenters. The van der Waals surface area contributed by atoms with Gasteiger partial charge in [0, 0.05) is 16.1 Å². The molecule has 0 atom stereocenters. The van der Waals surface area contributed by atoms with Crippen LogP contribution in [0.15, 0.2) is 54.6 Å². The van der Waals surface area contributed by atoms with Gasteiger partial charge in [0.25, 0.3) is 5.91 Å². The van der Waals surface area contributed by atoms with E-state index in [4.69, 9.17) is 11.6 Å². The monoisotopic (exact) mass is 283 g/mol. The van der Waals surface area contributed by atoms with E-state index < -0.39 is 0 Å². The van der Waals surface area contributed by atoms with Crippen molar-refractivity contribution in [2.45, 2.75) is 0 Å². The first-order valence-corrected chi connectivity index (χ1v) is 6.39. The van der Waals surface area contributed by atoms with E-state index in [0.29, 0.717) is 10.7 Å². The highest BCUT2D eigenvalue weighted by Crippen LogP contribution is 2.16. The number of hydrogen-bond acceptors (Lipinski definition) is 3. The van der Waals surface area contributed by atoms with Crippen LogP contribution in [0.4, 0.5) is 5.69 Å². The van der Waals surface area contributed by atoms with Crippen LogP contribution < -0.4 is 5.32 Å². The molecule has 0 aliphatic heterocycles. The molecule has 1 N–H and O–H groups in total. The van der Waals surface area contributed by atoms with E-state index in [1.165, 1.54) is 0 Å². The quantitative estimate of drug-likeness (QED) is 0.783. The molecule has 4 nitrogen and oxygen atoms in total. The van der Waals surface area contributed by atoms with Crippen LogP contribution in [0.1, 0.15) is 10.5 Å². The first-order chi connectivity index (χ1) is 9.72. The second kappa shape index (κ2) is 5.27. The number of carbonyl (C=O) groups excluding carboxylic acids is 1. The number of nitrogens with zero attached hydrogens (tertiary/aromatic N) is 2. The molecule has 0 radical (unpaired) electrons. The molecule has 1 aromatic heterocycles. The van der Waals surface area contributed by atoms with Gasteiger partial charge in [-0.2, -0.15) is 0 Å². The van der Waals surface area contributed by atoms with Gasteiger partial charge in [0.05, 0.1) is 5.52 Å². The SMILES string of the molecule is O=C(Nc1cccc(Cl)c1)c1cc2ccccc2nn1. The number of hydrogen-bond donors (Lipinski definition) is 1. The Bertz CT molecular complexity index is 789. The predicted molar refractivity (Wildman–Crippen MR) is 78.9 cm³/mol. The number of fused-ring (bicyclic) bond motifs is 1. The third-order valence-electron chi connectivity index (χ3n) is 2.81. The van der Waals surface area contributed by atoms with Gasteiger partial charge in [-0.25, -0.2) is 0 Å². The average molecular weight is 284 g/mol. The van der Waals surface area contributed by atoms with Crippen LogP contribution in [0.25, 0.3) is 10.9 Å². The third kappa shape index (κ3) is 2.60. The molecular weight excluding hydrogens is 274 g/mol. The number of nitrogens with one attached hydrogen (secondary N) is 1. The van der Waals surface area contributed by atoms with E-state index in [2.05, 4.69) is 15.5 Å². The topological polar surface area (TPSA) is 54.9 Å². The minimum Gasteiger partial charge on any atom is -0.321 e. The van der Waals surface area contributed by atoms with Crippen molar-refractivity contribution < 1.29 is 4.79 Å². The van der Waals surface area contributed by atoms with Crippen LogP contribution in [-0.2, 0) is 0 Å². The van der Waals surface area contributed by atoms with Crippen molar-refractivity contribution in [3.63, 3.8) is 0 Å². The van der Waals surface area contributed by atoms with Gasteiger partial charge in [-0.05, 0) is 30.3 Å². The van der Waals surface area contributed by atoms with Gasteiger partial charge in [0.1, 0.15) is 0 Å². The van der Waals surface area contributed by atoms with Gasteiger partial charge < -0.3 is 5.32 Å². The van der Waals surface area contributed by atoms with E-state index in [-0.39, 0.29) is 11.6 Å². The summed E-state index contributed by atoms with van der Waals surface area (Å²) in [5.74, 6) is -0.314. The van der Waals surface area contributed by atoms with Gasteiger partial charge in [-0.3, -0.25) is 4.79 Å². The van der Waals surface area contributed by atoms with E-state index in [1.54, 1.807) is 30.3 Å². The molecule has 0 aliphatic carbocycles. The Kier molecular flexibility index (Phi) is 3.31. The Morgan fingerprint density at radius 1 is 1.00 bits per heavy atom. The lowest BCUT2D eigenvalue weighted by atomic mass is 10.2. The maximum Gasteiger partial charge on any atom is 0.276 e. The Morgan fingerprint density at radius 2 is 1.85 bits per heavy atom. The molecule has 0 spiro atoms. The maximum absolute atomic E-state index is 12.1. The first kappa shape index (κ1) is 12.6. The van der Waals surface area contributed by atoms with Crippen molar-refractivity contribution >= 4 is 34.1 Å². The fourth-order valence-corrected chi connectivity index (χ4v) is 2.05.